The minimum Gasteiger partial charge on any atom is -0.418 e. The molecule has 0 spiro atoms. The SMILES string of the molecule is Cc1c(F)c(Oc2cc(C(C)C)nn2C)nc(-c2ccc(C(F)(F)F)cc2)c1F. The highest BCUT2D eigenvalue weighted by molar-refractivity contribution is 5.62. The van der Waals surface area contributed by atoms with Crippen molar-refractivity contribution in [1.82, 2.24) is 14.8 Å². The molecule has 0 aliphatic rings. The molecule has 0 unspecified atom stereocenters. The molecule has 0 fully saturated rings. The summed E-state index contributed by atoms with van der Waals surface area (Å²) in [5.74, 6) is -2.15. The van der Waals surface area contributed by atoms with Gasteiger partial charge in [0.2, 0.25) is 5.88 Å². The van der Waals surface area contributed by atoms with Gasteiger partial charge in [-0.15, -0.1) is 0 Å². The highest BCUT2D eigenvalue weighted by Crippen LogP contribution is 2.34. The molecular weight excluding hydrogens is 393 g/mol. The summed E-state index contributed by atoms with van der Waals surface area (Å²) in [6, 6.07) is 5.40. The van der Waals surface area contributed by atoms with Gasteiger partial charge in [0.05, 0.1) is 11.3 Å². The summed E-state index contributed by atoms with van der Waals surface area (Å²) in [7, 11) is 1.60. The Morgan fingerprint density at radius 3 is 2.17 bits per heavy atom. The molecule has 1 aromatic carbocycles. The number of hydrogen-bond acceptors (Lipinski definition) is 3. The Hall–Kier alpha value is -2.97. The van der Waals surface area contributed by atoms with Gasteiger partial charge in [-0.2, -0.15) is 18.3 Å². The van der Waals surface area contributed by atoms with Crippen LogP contribution in [0.3, 0.4) is 0 Å². The van der Waals surface area contributed by atoms with E-state index in [-0.39, 0.29) is 28.6 Å². The third-order valence-corrected chi connectivity index (χ3v) is 4.40. The number of aromatic nitrogens is 3. The first kappa shape index (κ1) is 20.8. The summed E-state index contributed by atoms with van der Waals surface area (Å²) in [4.78, 5) is 3.89. The molecule has 0 aliphatic carbocycles. The molecule has 154 valence electrons. The first-order valence-corrected chi connectivity index (χ1v) is 8.74. The zero-order valence-electron chi connectivity index (χ0n) is 16.1. The van der Waals surface area contributed by atoms with Crippen molar-refractivity contribution in [1.29, 1.82) is 0 Å². The van der Waals surface area contributed by atoms with Crippen LogP contribution in [0.15, 0.2) is 30.3 Å². The zero-order chi connectivity index (χ0) is 21.5. The maximum Gasteiger partial charge on any atom is 0.416 e. The number of halogens is 5. The molecule has 2 aromatic heterocycles. The van der Waals surface area contributed by atoms with E-state index in [1.54, 1.807) is 13.1 Å². The van der Waals surface area contributed by atoms with Crippen molar-refractivity contribution in [3.05, 3.63) is 58.8 Å². The highest BCUT2D eigenvalue weighted by Gasteiger charge is 2.30. The average Bonchev–Trinajstić information content (AvgIpc) is 3.02. The zero-order valence-corrected chi connectivity index (χ0v) is 16.1. The number of rotatable bonds is 4. The molecule has 4 nitrogen and oxygen atoms in total. The normalized spacial score (nSPS) is 11.9. The topological polar surface area (TPSA) is 39.9 Å². The van der Waals surface area contributed by atoms with Crippen LogP contribution < -0.4 is 4.74 Å². The number of hydrogen-bond donors (Lipinski definition) is 0. The summed E-state index contributed by atoms with van der Waals surface area (Å²) < 4.78 is 74.3. The van der Waals surface area contributed by atoms with Crippen molar-refractivity contribution in [3.63, 3.8) is 0 Å². The summed E-state index contributed by atoms with van der Waals surface area (Å²) in [5.41, 5.74) is -0.760. The molecule has 0 aliphatic heterocycles. The molecule has 0 saturated carbocycles. The van der Waals surface area contributed by atoms with Crippen molar-refractivity contribution in [3.8, 4) is 23.0 Å². The maximum atomic E-state index is 14.6. The lowest BCUT2D eigenvalue weighted by molar-refractivity contribution is -0.137. The van der Waals surface area contributed by atoms with Crippen LogP contribution in [0.2, 0.25) is 0 Å². The monoisotopic (exact) mass is 411 g/mol. The fourth-order valence-electron chi connectivity index (χ4n) is 2.66. The fourth-order valence-corrected chi connectivity index (χ4v) is 2.66. The van der Waals surface area contributed by atoms with Crippen molar-refractivity contribution >= 4 is 0 Å². The highest BCUT2D eigenvalue weighted by atomic mass is 19.4. The number of ether oxygens (including phenoxy) is 1. The minimum absolute atomic E-state index is 0.0660. The van der Waals surface area contributed by atoms with E-state index in [1.165, 1.54) is 11.6 Å². The van der Waals surface area contributed by atoms with Crippen LogP contribution in [-0.4, -0.2) is 14.8 Å². The van der Waals surface area contributed by atoms with Gasteiger partial charge >= 0.3 is 6.18 Å². The van der Waals surface area contributed by atoms with Crippen LogP contribution in [0.25, 0.3) is 11.3 Å². The second-order valence-corrected chi connectivity index (χ2v) is 6.88. The van der Waals surface area contributed by atoms with Crippen LogP contribution in [-0.2, 0) is 13.2 Å². The van der Waals surface area contributed by atoms with E-state index in [4.69, 9.17) is 4.74 Å². The standard InChI is InChI=1S/C20H18F5N3O/c1-10(2)14-9-15(28(4)27-14)29-19-17(22)11(3)16(21)18(26-19)12-5-7-13(8-6-12)20(23,24)25/h5-10H,1-4H3. The molecule has 2 heterocycles. The van der Waals surface area contributed by atoms with Gasteiger partial charge in [0.15, 0.2) is 11.6 Å². The van der Waals surface area contributed by atoms with Crippen LogP contribution in [0, 0.1) is 18.6 Å². The second-order valence-electron chi connectivity index (χ2n) is 6.88. The molecule has 0 bridgehead atoms. The predicted molar refractivity (Wildman–Crippen MR) is 96.7 cm³/mol. The molecule has 0 amide bonds. The lowest BCUT2D eigenvalue weighted by Gasteiger charge is -2.12. The van der Waals surface area contributed by atoms with Crippen molar-refractivity contribution in [2.45, 2.75) is 32.9 Å². The largest absolute Gasteiger partial charge is 0.418 e. The third kappa shape index (κ3) is 4.08. The Kier molecular flexibility index (Phi) is 5.34. The maximum absolute atomic E-state index is 14.6. The molecule has 9 heteroatoms. The van der Waals surface area contributed by atoms with Crippen LogP contribution in [0.5, 0.6) is 11.8 Å². The number of nitrogens with zero attached hydrogens (tertiary/aromatic N) is 3. The Morgan fingerprint density at radius 2 is 1.66 bits per heavy atom. The first-order valence-electron chi connectivity index (χ1n) is 8.74. The second kappa shape index (κ2) is 7.46. The molecule has 0 radical (unpaired) electrons. The van der Waals surface area contributed by atoms with Gasteiger partial charge in [-0.05, 0) is 25.0 Å². The van der Waals surface area contributed by atoms with E-state index in [0.29, 0.717) is 5.69 Å². The van der Waals surface area contributed by atoms with E-state index in [2.05, 4.69) is 10.1 Å². The summed E-state index contributed by atoms with van der Waals surface area (Å²) in [6.07, 6.45) is -4.52. The predicted octanol–water partition coefficient (Wildman–Crippen LogP) is 6.00. The van der Waals surface area contributed by atoms with E-state index in [1.807, 2.05) is 13.8 Å². The van der Waals surface area contributed by atoms with Crippen molar-refractivity contribution in [2.24, 2.45) is 7.05 Å². The van der Waals surface area contributed by atoms with Crippen molar-refractivity contribution < 1.29 is 26.7 Å². The van der Waals surface area contributed by atoms with Gasteiger partial charge in [-0.3, -0.25) is 0 Å². The molecule has 29 heavy (non-hydrogen) atoms. The Bertz CT molecular complexity index is 1040. The Morgan fingerprint density at radius 1 is 1.03 bits per heavy atom. The molecule has 3 rings (SSSR count). The van der Waals surface area contributed by atoms with Crippen LogP contribution >= 0.6 is 0 Å². The minimum atomic E-state index is -4.52. The van der Waals surface area contributed by atoms with Crippen molar-refractivity contribution in [2.75, 3.05) is 0 Å². The van der Waals surface area contributed by atoms with Crippen LogP contribution in [0.1, 0.15) is 36.6 Å². The lowest BCUT2D eigenvalue weighted by atomic mass is 10.1. The summed E-state index contributed by atoms with van der Waals surface area (Å²) in [6.45, 7) is 5.06. The molecule has 0 saturated heterocycles. The van der Waals surface area contributed by atoms with E-state index < -0.39 is 29.3 Å². The van der Waals surface area contributed by atoms with E-state index in [0.717, 1.165) is 24.3 Å². The average molecular weight is 411 g/mol. The third-order valence-electron chi connectivity index (χ3n) is 4.40. The molecular formula is C20H18F5N3O. The lowest BCUT2D eigenvalue weighted by Crippen LogP contribution is -2.05. The smallest absolute Gasteiger partial charge is 0.416 e. The molecule has 3 aromatic rings. The first-order chi connectivity index (χ1) is 13.5. The molecule has 0 atom stereocenters. The Balaban J connectivity index is 2.04. The summed E-state index contributed by atoms with van der Waals surface area (Å²) >= 11 is 0. The van der Waals surface area contributed by atoms with Gasteiger partial charge < -0.3 is 4.74 Å². The number of alkyl halides is 3. The van der Waals surface area contributed by atoms with Crippen LogP contribution in [0.4, 0.5) is 22.0 Å². The number of benzene rings is 1. The van der Waals surface area contributed by atoms with E-state index in [9.17, 15) is 22.0 Å². The van der Waals surface area contributed by atoms with E-state index >= 15 is 0 Å². The van der Waals surface area contributed by atoms with Gasteiger partial charge in [0.25, 0.3) is 5.88 Å². The van der Waals surface area contributed by atoms with Gasteiger partial charge in [-0.25, -0.2) is 18.4 Å². The number of aryl methyl sites for hydroxylation is 1. The van der Waals surface area contributed by atoms with Gasteiger partial charge in [0.1, 0.15) is 5.69 Å². The quantitative estimate of drug-likeness (QED) is 0.494. The van der Waals surface area contributed by atoms with Gasteiger partial charge in [-0.1, -0.05) is 26.0 Å². The molecule has 0 N–H and O–H groups in total. The number of pyridine rings is 1. The fraction of sp³-hybridized carbons (Fsp3) is 0.300. The summed E-state index contributed by atoms with van der Waals surface area (Å²) in [5, 5.41) is 4.25. The van der Waals surface area contributed by atoms with Gasteiger partial charge in [0, 0.05) is 24.2 Å². The Labute approximate surface area is 164 Å².